The van der Waals surface area contributed by atoms with Gasteiger partial charge < -0.3 is 0 Å². The summed E-state index contributed by atoms with van der Waals surface area (Å²) in [5, 5.41) is 3.83. The van der Waals surface area contributed by atoms with Crippen LogP contribution in [0.25, 0.3) is 0 Å². The first-order chi connectivity index (χ1) is 6.91. The maximum absolute atomic E-state index is 12.6. The smallest absolute Gasteiger partial charge is 0.267 e. The minimum absolute atomic E-state index is 0.0885. The molecule has 0 spiro atoms. The van der Waals surface area contributed by atoms with Gasteiger partial charge >= 0.3 is 6.18 Å². The number of fused-ring (bicyclic) bond motifs is 1. The number of aryl methyl sites for hydroxylation is 2. The molecule has 0 saturated heterocycles. The van der Waals surface area contributed by atoms with Gasteiger partial charge in [-0.25, -0.2) is 4.68 Å². The maximum atomic E-state index is 12.6. The minimum atomic E-state index is -4.58. The fourth-order valence-corrected chi connectivity index (χ4v) is 1.92. The van der Waals surface area contributed by atoms with Crippen molar-refractivity contribution < 1.29 is 13.2 Å². The second kappa shape index (κ2) is 3.08. The van der Waals surface area contributed by atoms with E-state index in [9.17, 15) is 18.0 Å². The molecule has 0 atom stereocenters. The summed E-state index contributed by atoms with van der Waals surface area (Å²) in [5.74, 6) is 0. The van der Waals surface area contributed by atoms with E-state index in [2.05, 4.69) is 5.10 Å². The average molecular weight is 218 g/mol. The van der Waals surface area contributed by atoms with Gasteiger partial charge in [-0.05, 0) is 24.8 Å². The van der Waals surface area contributed by atoms with Gasteiger partial charge in [0.15, 0.2) is 0 Å². The van der Waals surface area contributed by atoms with Crippen LogP contribution in [-0.4, -0.2) is 9.78 Å². The van der Waals surface area contributed by atoms with Gasteiger partial charge in [-0.15, -0.1) is 0 Å². The zero-order chi connectivity index (χ0) is 11.2. The number of hydrogen-bond donors (Lipinski definition) is 0. The second-order valence-electron chi connectivity index (χ2n) is 3.58. The summed E-state index contributed by atoms with van der Waals surface area (Å²) in [7, 11) is 1.25. The normalized spacial score (nSPS) is 15.5. The molecule has 1 heterocycles. The first kappa shape index (κ1) is 10.2. The Hall–Kier alpha value is -1.33. The van der Waals surface area contributed by atoms with Gasteiger partial charge in [0.05, 0.1) is 5.69 Å². The Balaban J connectivity index is 2.77. The molecule has 0 radical (unpaired) electrons. The molecule has 82 valence electrons. The predicted molar refractivity (Wildman–Crippen MR) is 46.5 cm³/mol. The molecule has 1 aliphatic rings. The van der Waals surface area contributed by atoms with Crippen molar-refractivity contribution in [1.29, 1.82) is 0 Å². The van der Waals surface area contributed by atoms with Gasteiger partial charge in [-0.3, -0.25) is 4.79 Å². The lowest BCUT2D eigenvalue weighted by atomic mass is 10.1. The van der Waals surface area contributed by atoms with E-state index in [0.29, 0.717) is 25.0 Å². The third kappa shape index (κ3) is 1.53. The average Bonchev–Trinajstić information content (AvgIpc) is 2.50. The molecular weight excluding hydrogens is 209 g/mol. The van der Waals surface area contributed by atoms with Crippen LogP contribution in [-0.2, 0) is 26.1 Å². The molecule has 0 unspecified atom stereocenters. The topological polar surface area (TPSA) is 34.9 Å². The van der Waals surface area contributed by atoms with Crippen LogP contribution in [0.1, 0.15) is 23.2 Å². The first-order valence-electron chi connectivity index (χ1n) is 4.57. The van der Waals surface area contributed by atoms with Crippen LogP contribution in [0, 0.1) is 0 Å². The SMILES string of the molecule is Cn1nc2c(c(C(F)(F)F)c1=O)CCC2. The number of halogens is 3. The van der Waals surface area contributed by atoms with Crippen LogP contribution in [0.5, 0.6) is 0 Å². The zero-order valence-corrected chi connectivity index (χ0v) is 8.06. The Bertz CT molecular complexity index is 462. The van der Waals surface area contributed by atoms with Gasteiger partial charge in [0.25, 0.3) is 5.56 Å². The molecule has 0 aliphatic heterocycles. The van der Waals surface area contributed by atoms with Gasteiger partial charge in [0, 0.05) is 7.05 Å². The Morgan fingerprint density at radius 1 is 1.33 bits per heavy atom. The van der Waals surface area contributed by atoms with Crippen LogP contribution in [0.2, 0.25) is 0 Å². The van der Waals surface area contributed by atoms with Crippen LogP contribution in [0.4, 0.5) is 13.2 Å². The standard InChI is InChI=1S/C9H9F3N2O/c1-14-8(15)7(9(10,11)12)5-3-2-4-6(5)13-14/h2-4H2,1H3. The summed E-state index contributed by atoms with van der Waals surface area (Å²) in [5.41, 5.74) is -1.59. The first-order valence-corrected chi connectivity index (χ1v) is 4.57. The third-order valence-electron chi connectivity index (χ3n) is 2.55. The van der Waals surface area contributed by atoms with Crippen molar-refractivity contribution >= 4 is 0 Å². The molecule has 0 aromatic carbocycles. The molecule has 2 rings (SSSR count). The van der Waals surface area contributed by atoms with Crippen LogP contribution < -0.4 is 5.56 Å². The van der Waals surface area contributed by atoms with E-state index in [1.165, 1.54) is 7.05 Å². The summed E-state index contributed by atoms with van der Waals surface area (Å²) in [6, 6.07) is 0. The van der Waals surface area contributed by atoms with Crippen molar-refractivity contribution in [2.45, 2.75) is 25.4 Å². The van der Waals surface area contributed by atoms with Gasteiger partial charge in [-0.2, -0.15) is 18.3 Å². The highest BCUT2D eigenvalue weighted by atomic mass is 19.4. The Morgan fingerprint density at radius 2 is 2.00 bits per heavy atom. The lowest BCUT2D eigenvalue weighted by molar-refractivity contribution is -0.139. The quantitative estimate of drug-likeness (QED) is 0.657. The van der Waals surface area contributed by atoms with Gasteiger partial charge in [-0.1, -0.05) is 0 Å². The Kier molecular flexibility index (Phi) is 2.09. The lowest BCUT2D eigenvalue weighted by Gasteiger charge is -2.11. The van der Waals surface area contributed by atoms with E-state index in [1.807, 2.05) is 0 Å². The van der Waals surface area contributed by atoms with Crippen LogP contribution in [0.3, 0.4) is 0 Å². The molecular formula is C9H9F3N2O. The minimum Gasteiger partial charge on any atom is -0.267 e. The lowest BCUT2D eigenvalue weighted by Crippen LogP contribution is -2.31. The molecule has 0 amide bonds. The van der Waals surface area contributed by atoms with E-state index in [0.717, 1.165) is 4.68 Å². The summed E-state index contributed by atoms with van der Waals surface area (Å²) >= 11 is 0. The van der Waals surface area contributed by atoms with Crippen LogP contribution in [0.15, 0.2) is 4.79 Å². The highest BCUT2D eigenvalue weighted by Gasteiger charge is 2.39. The molecule has 1 aliphatic carbocycles. The van der Waals surface area contributed by atoms with Crippen molar-refractivity contribution in [2.75, 3.05) is 0 Å². The number of alkyl halides is 3. The second-order valence-corrected chi connectivity index (χ2v) is 3.58. The highest BCUT2D eigenvalue weighted by molar-refractivity contribution is 5.33. The van der Waals surface area contributed by atoms with E-state index in [4.69, 9.17) is 0 Å². The maximum Gasteiger partial charge on any atom is 0.422 e. The molecule has 0 saturated carbocycles. The number of rotatable bonds is 0. The Labute approximate surface area is 83.5 Å². The van der Waals surface area contributed by atoms with E-state index in [1.54, 1.807) is 0 Å². The predicted octanol–water partition coefficient (Wildman–Crippen LogP) is 1.29. The zero-order valence-electron chi connectivity index (χ0n) is 8.06. The van der Waals surface area contributed by atoms with Crippen molar-refractivity contribution in [3.05, 3.63) is 27.2 Å². The summed E-state index contributed by atoms with van der Waals surface area (Å²) in [6.45, 7) is 0. The third-order valence-corrected chi connectivity index (χ3v) is 2.55. The van der Waals surface area contributed by atoms with Gasteiger partial charge in [0.2, 0.25) is 0 Å². The van der Waals surface area contributed by atoms with Crippen molar-refractivity contribution in [3.8, 4) is 0 Å². The number of hydrogen-bond acceptors (Lipinski definition) is 2. The molecule has 1 aromatic rings. The molecule has 6 heteroatoms. The van der Waals surface area contributed by atoms with Crippen molar-refractivity contribution in [3.63, 3.8) is 0 Å². The summed E-state index contributed by atoms with van der Waals surface area (Å²) in [4.78, 5) is 11.4. The number of nitrogens with zero attached hydrogens (tertiary/aromatic N) is 2. The Morgan fingerprint density at radius 3 is 2.60 bits per heavy atom. The van der Waals surface area contributed by atoms with Crippen molar-refractivity contribution in [2.24, 2.45) is 7.05 Å². The number of aromatic nitrogens is 2. The van der Waals surface area contributed by atoms with E-state index in [-0.39, 0.29) is 5.56 Å². The van der Waals surface area contributed by atoms with Crippen molar-refractivity contribution in [1.82, 2.24) is 9.78 Å². The molecule has 15 heavy (non-hydrogen) atoms. The summed E-state index contributed by atoms with van der Waals surface area (Å²) in [6.07, 6.45) is -3.12. The fraction of sp³-hybridized carbons (Fsp3) is 0.556. The summed E-state index contributed by atoms with van der Waals surface area (Å²) < 4.78 is 38.7. The molecule has 0 fully saturated rings. The largest absolute Gasteiger partial charge is 0.422 e. The van der Waals surface area contributed by atoms with E-state index < -0.39 is 17.3 Å². The fourth-order valence-electron chi connectivity index (χ4n) is 1.92. The monoisotopic (exact) mass is 218 g/mol. The molecule has 3 nitrogen and oxygen atoms in total. The highest BCUT2D eigenvalue weighted by Crippen LogP contribution is 2.33. The molecule has 0 N–H and O–H groups in total. The molecule has 0 bridgehead atoms. The van der Waals surface area contributed by atoms with Crippen LogP contribution >= 0.6 is 0 Å². The van der Waals surface area contributed by atoms with Gasteiger partial charge in [0.1, 0.15) is 5.56 Å². The molecule has 1 aromatic heterocycles. The van der Waals surface area contributed by atoms with E-state index >= 15 is 0 Å².